The van der Waals surface area contributed by atoms with E-state index in [0.717, 1.165) is 38.9 Å². The minimum atomic E-state index is -0.673. The Morgan fingerprint density at radius 3 is 2.48 bits per heavy atom. The first-order valence-corrected chi connectivity index (χ1v) is 8.27. The predicted octanol–water partition coefficient (Wildman–Crippen LogP) is 1.32. The molecule has 5 nitrogen and oxygen atoms in total. The van der Waals surface area contributed by atoms with Crippen LogP contribution in [0.25, 0.3) is 0 Å². The molecule has 1 saturated carbocycles. The smallest absolute Gasteiger partial charge is 0.249 e. The normalized spacial score (nSPS) is 35.0. The van der Waals surface area contributed by atoms with Crippen molar-refractivity contribution in [3.63, 3.8) is 0 Å². The lowest BCUT2D eigenvalue weighted by atomic mass is 9.87. The fourth-order valence-electron chi connectivity index (χ4n) is 3.73. The van der Waals surface area contributed by atoms with Crippen molar-refractivity contribution < 1.29 is 14.3 Å². The summed E-state index contributed by atoms with van der Waals surface area (Å²) in [5, 5.41) is 3.02. The first-order valence-electron chi connectivity index (χ1n) is 8.27. The summed E-state index contributed by atoms with van der Waals surface area (Å²) in [5.41, 5.74) is -0.673. The number of hydrogen-bond donors (Lipinski definition) is 1. The van der Waals surface area contributed by atoms with Gasteiger partial charge in [0.25, 0.3) is 0 Å². The molecule has 21 heavy (non-hydrogen) atoms. The lowest BCUT2D eigenvalue weighted by Gasteiger charge is -2.46. The molecule has 0 spiro atoms. The number of nitrogens with one attached hydrogen (secondary N) is 1. The quantitative estimate of drug-likeness (QED) is 0.850. The van der Waals surface area contributed by atoms with Crippen molar-refractivity contribution in [3.8, 4) is 0 Å². The van der Waals surface area contributed by atoms with E-state index < -0.39 is 5.54 Å². The van der Waals surface area contributed by atoms with Crippen LogP contribution in [-0.2, 0) is 14.3 Å². The third-order valence-corrected chi connectivity index (χ3v) is 5.34. The van der Waals surface area contributed by atoms with E-state index in [-0.39, 0.29) is 17.9 Å². The Labute approximate surface area is 126 Å². The standard InChI is InChI=1S/C16H26N2O3/c1-3-13-14(19)17-16(2,12-4-5-12)15(20)18(13)10-11-6-8-21-9-7-11/h11-13H,3-10H2,1-2H3,(H,17,19). The molecule has 2 saturated heterocycles. The van der Waals surface area contributed by atoms with E-state index in [1.807, 2.05) is 18.7 Å². The van der Waals surface area contributed by atoms with Gasteiger partial charge in [0.2, 0.25) is 11.8 Å². The van der Waals surface area contributed by atoms with Gasteiger partial charge in [0.15, 0.2) is 0 Å². The van der Waals surface area contributed by atoms with Crippen molar-refractivity contribution in [3.05, 3.63) is 0 Å². The van der Waals surface area contributed by atoms with E-state index in [4.69, 9.17) is 4.74 Å². The number of piperazine rings is 1. The van der Waals surface area contributed by atoms with E-state index in [1.54, 1.807) is 0 Å². The number of nitrogens with zero attached hydrogens (tertiary/aromatic N) is 1. The zero-order valence-corrected chi connectivity index (χ0v) is 13.1. The molecule has 0 aromatic heterocycles. The first kappa shape index (κ1) is 14.8. The molecule has 1 N–H and O–H groups in total. The lowest BCUT2D eigenvalue weighted by Crippen LogP contribution is -2.70. The highest BCUT2D eigenvalue weighted by atomic mass is 16.5. The molecule has 1 aliphatic carbocycles. The van der Waals surface area contributed by atoms with Gasteiger partial charge in [0.1, 0.15) is 11.6 Å². The molecular weight excluding hydrogens is 268 g/mol. The van der Waals surface area contributed by atoms with Gasteiger partial charge in [-0.15, -0.1) is 0 Å². The van der Waals surface area contributed by atoms with Crippen LogP contribution in [0.4, 0.5) is 0 Å². The molecule has 0 radical (unpaired) electrons. The van der Waals surface area contributed by atoms with Gasteiger partial charge >= 0.3 is 0 Å². The highest BCUT2D eigenvalue weighted by Crippen LogP contribution is 2.42. The fourth-order valence-corrected chi connectivity index (χ4v) is 3.73. The highest BCUT2D eigenvalue weighted by molar-refractivity contribution is 6.00. The van der Waals surface area contributed by atoms with Gasteiger partial charge in [-0.05, 0) is 50.9 Å². The molecule has 2 aliphatic heterocycles. The molecule has 0 aromatic rings. The van der Waals surface area contributed by atoms with Gasteiger partial charge in [-0.3, -0.25) is 9.59 Å². The van der Waals surface area contributed by atoms with E-state index in [9.17, 15) is 9.59 Å². The summed E-state index contributed by atoms with van der Waals surface area (Å²) >= 11 is 0. The second-order valence-electron chi connectivity index (χ2n) is 6.90. The van der Waals surface area contributed by atoms with Crippen molar-refractivity contribution in [2.45, 2.75) is 57.5 Å². The lowest BCUT2D eigenvalue weighted by molar-refractivity contribution is -0.156. The van der Waals surface area contributed by atoms with Crippen LogP contribution >= 0.6 is 0 Å². The SMILES string of the molecule is CCC1C(=O)NC(C)(C2CC2)C(=O)N1CC1CCOCC1. The molecule has 2 unspecified atom stereocenters. The van der Waals surface area contributed by atoms with Crippen LogP contribution in [0.15, 0.2) is 0 Å². The minimum Gasteiger partial charge on any atom is -0.381 e. The summed E-state index contributed by atoms with van der Waals surface area (Å²) in [4.78, 5) is 27.3. The molecule has 0 aromatic carbocycles. The number of ether oxygens (including phenoxy) is 1. The Balaban J connectivity index is 1.78. The minimum absolute atomic E-state index is 0.0264. The average molecular weight is 294 g/mol. The predicted molar refractivity (Wildman–Crippen MR) is 78.6 cm³/mol. The average Bonchev–Trinajstić information content (AvgIpc) is 3.31. The van der Waals surface area contributed by atoms with E-state index in [2.05, 4.69) is 5.32 Å². The number of carbonyl (C=O) groups is 2. The summed E-state index contributed by atoms with van der Waals surface area (Å²) in [6.45, 7) is 6.14. The van der Waals surface area contributed by atoms with Crippen molar-refractivity contribution in [2.24, 2.45) is 11.8 Å². The summed E-state index contributed by atoms with van der Waals surface area (Å²) in [6, 6.07) is -0.299. The maximum Gasteiger partial charge on any atom is 0.249 e. The Morgan fingerprint density at radius 2 is 1.90 bits per heavy atom. The monoisotopic (exact) mass is 294 g/mol. The topological polar surface area (TPSA) is 58.6 Å². The molecule has 2 atom stereocenters. The Hall–Kier alpha value is -1.10. The zero-order valence-electron chi connectivity index (χ0n) is 13.1. The van der Waals surface area contributed by atoms with Gasteiger partial charge < -0.3 is 15.0 Å². The third-order valence-electron chi connectivity index (χ3n) is 5.34. The molecule has 3 aliphatic rings. The maximum absolute atomic E-state index is 13.0. The number of hydrogen-bond acceptors (Lipinski definition) is 3. The second-order valence-corrected chi connectivity index (χ2v) is 6.90. The van der Waals surface area contributed by atoms with Crippen molar-refractivity contribution >= 4 is 11.8 Å². The zero-order chi connectivity index (χ0) is 15.0. The number of rotatable bonds is 4. The van der Waals surface area contributed by atoms with Crippen LogP contribution in [0.2, 0.25) is 0 Å². The van der Waals surface area contributed by atoms with Crippen LogP contribution in [0, 0.1) is 11.8 Å². The Morgan fingerprint density at radius 1 is 1.24 bits per heavy atom. The molecule has 3 rings (SSSR count). The van der Waals surface area contributed by atoms with E-state index >= 15 is 0 Å². The largest absolute Gasteiger partial charge is 0.381 e. The van der Waals surface area contributed by atoms with Crippen LogP contribution in [0.5, 0.6) is 0 Å². The molecule has 2 heterocycles. The van der Waals surface area contributed by atoms with Gasteiger partial charge in [-0.25, -0.2) is 0 Å². The first-order chi connectivity index (χ1) is 10.1. The summed E-state index contributed by atoms with van der Waals surface area (Å²) in [6.07, 6.45) is 4.75. The maximum atomic E-state index is 13.0. The van der Waals surface area contributed by atoms with Crippen molar-refractivity contribution in [1.29, 1.82) is 0 Å². The summed E-state index contributed by atoms with van der Waals surface area (Å²) in [5.74, 6) is 0.941. The molecule has 0 bridgehead atoms. The fraction of sp³-hybridized carbons (Fsp3) is 0.875. The third kappa shape index (κ3) is 2.68. The van der Waals surface area contributed by atoms with Crippen molar-refractivity contribution in [2.75, 3.05) is 19.8 Å². The highest BCUT2D eigenvalue weighted by Gasteiger charge is 2.55. The molecule has 118 valence electrons. The van der Waals surface area contributed by atoms with Gasteiger partial charge in [-0.2, -0.15) is 0 Å². The van der Waals surface area contributed by atoms with E-state index in [0.29, 0.717) is 24.8 Å². The Bertz CT molecular complexity index is 429. The second kappa shape index (κ2) is 5.59. The van der Waals surface area contributed by atoms with Crippen LogP contribution in [0.1, 0.15) is 46.0 Å². The number of amides is 2. The van der Waals surface area contributed by atoms with Gasteiger partial charge in [0, 0.05) is 19.8 Å². The molecule has 5 heteroatoms. The van der Waals surface area contributed by atoms with Crippen LogP contribution in [0.3, 0.4) is 0 Å². The molecular formula is C16H26N2O3. The summed E-state index contributed by atoms with van der Waals surface area (Å²) < 4.78 is 5.40. The summed E-state index contributed by atoms with van der Waals surface area (Å²) in [7, 11) is 0. The van der Waals surface area contributed by atoms with Crippen LogP contribution < -0.4 is 5.32 Å². The van der Waals surface area contributed by atoms with E-state index in [1.165, 1.54) is 0 Å². The Kier molecular flexibility index (Phi) is 3.95. The molecule has 3 fully saturated rings. The number of carbonyl (C=O) groups excluding carboxylic acids is 2. The van der Waals surface area contributed by atoms with Gasteiger partial charge in [0.05, 0.1) is 0 Å². The van der Waals surface area contributed by atoms with Crippen molar-refractivity contribution in [1.82, 2.24) is 10.2 Å². The molecule has 2 amide bonds. The van der Waals surface area contributed by atoms with Crippen LogP contribution in [-0.4, -0.2) is 48.1 Å². The van der Waals surface area contributed by atoms with Gasteiger partial charge in [-0.1, -0.05) is 6.92 Å².